The molecule has 0 spiro atoms. The first-order chi connectivity index (χ1) is 16.5. The molecule has 1 aromatic heterocycles. The SMILES string of the molecule is CN(C)c1ccc(NC(=O)Cc2ccccc2)cc1CN(CC1CCCO1)C(=O)c1cccs1. The number of nitrogens with one attached hydrogen (secondary N) is 1. The van der Waals surface area contributed by atoms with Crippen LogP contribution in [-0.4, -0.2) is 50.1 Å². The third kappa shape index (κ3) is 6.24. The average molecular weight is 478 g/mol. The second kappa shape index (κ2) is 11.3. The van der Waals surface area contributed by atoms with E-state index in [1.807, 2.05) is 89.9 Å². The number of hydrogen-bond acceptors (Lipinski definition) is 5. The molecule has 1 aliphatic rings. The topological polar surface area (TPSA) is 61.9 Å². The van der Waals surface area contributed by atoms with Crippen molar-refractivity contribution in [3.8, 4) is 0 Å². The maximum atomic E-state index is 13.3. The molecule has 4 rings (SSSR count). The van der Waals surface area contributed by atoms with Gasteiger partial charge in [-0.05, 0) is 53.6 Å². The van der Waals surface area contributed by atoms with Crippen LogP contribution in [0.25, 0.3) is 0 Å². The third-order valence-electron chi connectivity index (χ3n) is 5.88. The van der Waals surface area contributed by atoms with Crippen LogP contribution in [0.1, 0.15) is 33.6 Å². The van der Waals surface area contributed by atoms with Gasteiger partial charge in [0.25, 0.3) is 5.91 Å². The summed E-state index contributed by atoms with van der Waals surface area (Å²) in [5, 5.41) is 4.94. The monoisotopic (exact) mass is 477 g/mol. The number of carbonyl (C=O) groups excluding carboxylic acids is 2. The lowest BCUT2D eigenvalue weighted by atomic mass is 10.1. The lowest BCUT2D eigenvalue weighted by molar-refractivity contribution is -0.115. The zero-order valence-corrected chi connectivity index (χ0v) is 20.5. The van der Waals surface area contributed by atoms with Crippen LogP contribution in [0.2, 0.25) is 0 Å². The first-order valence-electron chi connectivity index (χ1n) is 11.6. The molecule has 1 N–H and O–H groups in total. The number of thiophene rings is 1. The Balaban J connectivity index is 1.55. The van der Waals surface area contributed by atoms with E-state index in [0.29, 0.717) is 19.5 Å². The Morgan fingerprint density at radius 2 is 1.91 bits per heavy atom. The molecule has 0 aliphatic carbocycles. The minimum atomic E-state index is -0.0689. The van der Waals surface area contributed by atoms with Gasteiger partial charge in [-0.2, -0.15) is 0 Å². The molecule has 1 fully saturated rings. The quantitative estimate of drug-likeness (QED) is 0.480. The highest BCUT2D eigenvalue weighted by molar-refractivity contribution is 7.12. The molecule has 6 nitrogen and oxygen atoms in total. The highest BCUT2D eigenvalue weighted by Gasteiger charge is 2.25. The normalized spacial score (nSPS) is 15.2. The molecule has 3 aromatic rings. The number of benzene rings is 2. The fourth-order valence-corrected chi connectivity index (χ4v) is 4.92. The average Bonchev–Trinajstić information content (AvgIpc) is 3.53. The summed E-state index contributed by atoms with van der Waals surface area (Å²) in [4.78, 5) is 30.6. The molecular formula is C27H31N3O3S. The molecule has 1 atom stereocenters. The Labute approximate surface area is 205 Å². The Kier molecular flexibility index (Phi) is 7.98. The molecule has 1 unspecified atom stereocenters. The highest BCUT2D eigenvalue weighted by atomic mass is 32.1. The zero-order chi connectivity index (χ0) is 23.9. The molecule has 1 saturated heterocycles. The first kappa shape index (κ1) is 24.0. The van der Waals surface area contributed by atoms with Crippen LogP contribution < -0.4 is 10.2 Å². The van der Waals surface area contributed by atoms with Gasteiger partial charge in [0.1, 0.15) is 0 Å². The van der Waals surface area contributed by atoms with E-state index < -0.39 is 0 Å². The van der Waals surface area contributed by atoms with Crippen LogP contribution in [0.5, 0.6) is 0 Å². The van der Waals surface area contributed by atoms with Crippen LogP contribution in [0.15, 0.2) is 66.0 Å². The van der Waals surface area contributed by atoms with Gasteiger partial charge in [0, 0.05) is 45.2 Å². The predicted octanol–water partition coefficient (Wildman–Crippen LogP) is 4.82. The van der Waals surface area contributed by atoms with E-state index in [2.05, 4.69) is 5.32 Å². The molecule has 2 aromatic carbocycles. The smallest absolute Gasteiger partial charge is 0.264 e. The molecule has 0 radical (unpaired) electrons. The predicted molar refractivity (Wildman–Crippen MR) is 138 cm³/mol. The van der Waals surface area contributed by atoms with Crippen LogP contribution >= 0.6 is 11.3 Å². The van der Waals surface area contributed by atoms with Gasteiger partial charge in [0.05, 0.1) is 17.4 Å². The summed E-state index contributed by atoms with van der Waals surface area (Å²) in [7, 11) is 3.97. The molecular weight excluding hydrogens is 446 g/mol. The fraction of sp³-hybridized carbons (Fsp3) is 0.333. The molecule has 2 heterocycles. The van der Waals surface area contributed by atoms with Gasteiger partial charge in [-0.15, -0.1) is 11.3 Å². The van der Waals surface area contributed by atoms with Crippen molar-refractivity contribution in [3.05, 3.63) is 82.0 Å². The second-order valence-corrected chi connectivity index (χ2v) is 9.69. The van der Waals surface area contributed by atoms with Gasteiger partial charge in [-0.3, -0.25) is 9.59 Å². The lowest BCUT2D eigenvalue weighted by Gasteiger charge is -2.28. The molecule has 0 bridgehead atoms. The molecule has 34 heavy (non-hydrogen) atoms. The molecule has 0 saturated carbocycles. The Morgan fingerprint density at radius 1 is 1.09 bits per heavy atom. The van der Waals surface area contributed by atoms with E-state index in [1.54, 1.807) is 0 Å². The number of hydrogen-bond donors (Lipinski definition) is 1. The van der Waals surface area contributed by atoms with Gasteiger partial charge in [-0.25, -0.2) is 0 Å². The molecule has 7 heteroatoms. The van der Waals surface area contributed by atoms with Crippen molar-refractivity contribution in [2.75, 3.05) is 37.5 Å². The Bertz CT molecular complexity index is 1090. The summed E-state index contributed by atoms with van der Waals surface area (Å²) < 4.78 is 5.84. The molecule has 2 amide bonds. The maximum absolute atomic E-state index is 13.3. The second-order valence-electron chi connectivity index (χ2n) is 8.75. The van der Waals surface area contributed by atoms with Crippen molar-refractivity contribution in [2.45, 2.75) is 31.9 Å². The van der Waals surface area contributed by atoms with Crippen molar-refractivity contribution in [2.24, 2.45) is 0 Å². The van der Waals surface area contributed by atoms with E-state index in [9.17, 15) is 9.59 Å². The van der Waals surface area contributed by atoms with Crippen molar-refractivity contribution in [3.63, 3.8) is 0 Å². The fourth-order valence-electron chi connectivity index (χ4n) is 4.23. The van der Waals surface area contributed by atoms with E-state index in [1.165, 1.54) is 11.3 Å². The van der Waals surface area contributed by atoms with Gasteiger partial charge in [0.15, 0.2) is 0 Å². The van der Waals surface area contributed by atoms with Crippen molar-refractivity contribution in [1.29, 1.82) is 0 Å². The van der Waals surface area contributed by atoms with Gasteiger partial charge in [0.2, 0.25) is 5.91 Å². The molecule has 1 aliphatic heterocycles. The minimum Gasteiger partial charge on any atom is -0.377 e. The first-order valence-corrected chi connectivity index (χ1v) is 12.5. The summed E-state index contributed by atoms with van der Waals surface area (Å²) in [5.41, 5.74) is 3.68. The number of rotatable bonds is 9. The van der Waals surface area contributed by atoms with Crippen molar-refractivity contribution < 1.29 is 14.3 Å². The minimum absolute atomic E-state index is 0.00808. The van der Waals surface area contributed by atoms with Crippen molar-refractivity contribution >= 4 is 34.5 Å². The van der Waals surface area contributed by atoms with Crippen LogP contribution in [0.4, 0.5) is 11.4 Å². The molecule has 178 valence electrons. The summed E-state index contributed by atoms with van der Waals surface area (Å²) in [6.07, 6.45) is 2.36. The van der Waals surface area contributed by atoms with Gasteiger partial charge < -0.3 is 19.9 Å². The lowest BCUT2D eigenvalue weighted by Crippen LogP contribution is -2.37. The highest BCUT2D eigenvalue weighted by Crippen LogP contribution is 2.27. The van der Waals surface area contributed by atoms with Crippen LogP contribution in [-0.2, 0) is 22.5 Å². The number of nitrogens with zero attached hydrogens (tertiary/aromatic N) is 2. The van der Waals surface area contributed by atoms with Crippen LogP contribution in [0, 0.1) is 0 Å². The zero-order valence-electron chi connectivity index (χ0n) is 19.7. The number of carbonyl (C=O) groups is 2. The van der Waals surface area contributed by atoms with Gasteiger partial charge in [-0.1, -0.05) is 36.4 Å². The Hall–Kier alpha value is -3.16. The number of anilines is 2. The number of ether oxygens (including phenoxy) is 1. The van der Waals surface area contributed by atoms with E-state index in [4.69, 9.17) is 4.74 Å². The number of amides is 2. The standard InChI is InChI=1S/C27H31N3O3S/c1-29(2)24-13-12-22(28-26(31)16-20-8-4-3-5-9-20)17-21(24)18-30(19-23-10-6-14-33-23)27(32)25-11-7-15-34-25/h3-5,7-9,11-13,15,17,23H,6,10,14,16,18-19H2,1-2H3,(H,28,31). The van der Waals surface area contributed by atoms with E-state index in [-0.39, 0.29) is 17.9 Å². The van der Waals surface area contributed by atoms with Gasteiger partial charge >= 0.3 is 0 Å². The summed E-state index contributed by atoms with van der Waals surface area (Å²) in [6, 6.07) is 19.3. The van der Waals surface area contributed by atoms with E-state index in [0.717, 1.165) is 46.8 Å². The summed E-state index contributed by atoms with van der Waals surface area (Å²) in [6.45, 7) is 1.73. The van der Waals surface area contributed by atoms with Crippen molar-refractivity contribution in [1.82, 2.24) is 4.90 Å². The maximum Gasteiger partial charge on any atom is 0.264 e. The summed E-state index contributed by atoms with van der Waals surface area (Å²) in [5.74, 6) is -0.0608. The van der Waals surface area contributed by atoms with Crippen LogP contribution in [0.3, 0.4) is 0 Å². The Morgan fingerprint density at radius 3 is 2.59 bits per heavy atom. The third-order valence-corrected chi connectivity index (χ3v) is 6.74. The van der Waals surface area contributed by atoms with E-state index >= 15 is 0 Å². The largest absolute Gasteiger partial charge is 0.377 e. The summed E-state index contributed by atoms with van der Waals surface area (Å²) >= 11 is 1.45.